The van der Waals surface area contributed by atoms with Gasteiger partial charge in [0.15, 0.2) is 0 Å². The number of fused-ring (bicyclic) bond motifs is 1. The van der Waals surface area contributed by atoms with E-state index in [1.165, 1.54) is 0 Å². The fourth-order valence-electron chi connectivity index (χ4n) is 2.74. The standard InChI is InChI=1S/C17H24N4O2/c1-17(2,3)23-16(22)20-10-8-19(9-11-20)13-21-12-18-14-6-4-5-7-15(14)21/h4-7,12H,8-11,13H2,1-3H3. The van der Waals surface area contributed by atoms with Crippen molar-refractivity contribution < 1.29 is 9.53 Å². The number of hydrogen-bond donors (Lipinski definition) is 0. The maximum Gasteiger partial charge on any atom is 0.410 e. The third kappa shape index (κ3) is 3.82. The second-order valence-corrected chi connectivity index (χ2v) is 6.93. The van der Waals surface area contributed by atoms with Gasteiger partial charge in [0.25, 0.3) is 0 Å². The Kier molecular flexibility index (Phi) is 4.26. The fourth-order valence-corrected chi connectivity index (χ4v) is 2.74. The summed E-state index contributed by atoms with van der Waals surface area (Å²) in [5, 5.41) is 0. The van der Waals surface area contributed by atoms with Gasteiger partial charge < -0.3 is 14.2 Å². The third-order valence-corrected chi connectivity index (χ3v) is 3.90. The molecule has 0 bridgehead atoms. The minimum absolute atomic E-state index is 0.217. The second kappa shape index (κ2) is 6.20. The summed E-state index contributed by atoms with van der Waals surface area (Å²) < 4.78 is 7.58. The van der Waals surface area contributed by atoms with Gasteiger partial charge in [0.1, 0.15) is 5.60 Å². The summed E-state index contributed by atoms with van der Waals surface area (Å²) in [6, 6.07) is 8.13. The SMILES string of the molecule is CC(C)(C)OC(=O)N1CCN(Cn2cnc3ccccc32)CC1. The van der Waals surface area contributed by atoms with E-state index in [1.54, 1.807) is 4.90 Å². The molecule has 0 aliphatic carbocycles. The van der Waals surface area contributed by atoms with Gasteiger partial charge in [-0.2, -0.15) is 0 Å². The first-order valence-corrected chi connectivity index (χ1v) is 8.02. The zero-order chi connectivity index (χ0) is 16.4. The van der Waals surface area contributed by atoms with Crippen LogP contribution in [0.4, 0.5) is 4.79 Å². The molecule has 0 N–H and O–H groups in total. The average Bonchev–Trinajstić information content (AvgIpc) is 2.90. The van der Waals surface area contributed by atoms with Crippen molar-refractivity contribution in [3.8, 4) is 0 Å². The van der Waals surface area contributed by atoms with Crippen molar-refractivity contribution in [2.24, 2.45) is 0 Å². The highest BCUT2D eigenvalue weighted by Crippen LogP contribution is 2.15. The van der Waals surface area contributed by atoms with Crippen LogP contribution in [0.25, 0.3) is 11.0 Å². The van der Waals surface area contributed by atoms with Crippen LogP contribution in [0, 0.1) is 0 Å². The molecule has 1 saturated heterocycles. The minimum Gasteiger partial charge on any atom is -0.444 e. The van der Waals surface area contributed by atoms with Crippen LogP contribution < -0.4 is 0 Å². The fraction of sp³-hybridized carbons (Fsp3) is 0.529. The summed E-state index contributed by atoms with van der Waals surface area (Å²) in [4.78, 5) is 20.6. The van der Waals surface area contributed by atoms with E-state index in [9.17, 15) is 4.79 Å². The number of nitrogens with zero attached hydrogens (tertiary/aromatic N) is 4. The molecule has 0 radical (unpaired) electrons. The molecule has 1 amide bonds. The van der Waals surface area contributed by atoms with E-state index < -0.39 is 5.60 Å². The first-order valence-electron chi connectivity index (χ1n) is 8.02. The maximum absolute atomic E-state index is 12.1. The zero-order valence-electron chi connectivity index (χ0n) is 14.0. The quantitative estimate of drug-likeness (QED) is 0.854. The molecule has 124 valence electrons. The van der Waals surface area contributed by atoms with E-state index in [0.29, 0.717) is 13.1 Å². The highest BCUT2D eigenvalue weighted by Gasteiger charge is 2.25. The zero-order valence-corrected chi connectivity index (χ0v) is 14.0. The van der Waals surface area contributed by atoms with Gasteiger partial charge in [0, 0.05) is 26.2 Å². The molecular formula is C17H24N4O2. The number of rotatable bonds is 2. The van der Waals surface area contributed by atoms with E-state index >= 15 is 0 Å². The number of benzene rings is 1. The molecule has 1 aromatic carbocycles. The Hall–Kier alpha value is -2.08. The number of piperazine rings is 1. The van der Waals surface area contributed by atoms with Gasteiger partial charge >= 0.3 is 6.09 Å². The molecule has 23 heavy (non-hydrogen) atoms. The lowest BCUT2D eigenvalue weighted by atomic mass is 10.2. The topological polar surface area (TPSA) is 50.6 Å². The first-order chi connectivity index (χ1) is 10.9. The van der Waals surface area contributed by atoms with Crippen LogP contribution in [-0.4, -0.2) is 57.2 Å². The van der Waals surface area contributed by atoms with Crippen LogP contribution in [0.15, 0.2) is 30.6 Å². The molecular weight excluding hydrogens is 292 g/mol. The molecule has 0 atom stereocenters. The van der Waals surface area contributed by atoms with Gasteiger partial charge in [-0.25, -0.2) is 9.78 Å². The summed E-state index contributed by atoms with van der Waals surface area (Å²) in [5.41, 5.74) is 1.71. The number of aromatic nitrogens is 2. The lowest BCUT2D eigenvalue weighted by Gasteiger charge is -2.35. The van der Waals surface area contributed by atoms with Gasteiger partial charge in [-0.3, -0.25) is 4.90 Å². The van der Waals surface area contributed by atoms with Crippen molar-refractivity contribution in [3.63, 3.8) is 0 Å². The smallest absolute Gasteiger partial charge is 0.410 e. The monoisotopic (exact) mass is 316 g/mol. The molecule has 0 saturated carbocycles. The maximum atomic E-state index is 12.1. The molecule has 2 aromatic rings. The molecule has 3 rings (SSSR count). The van der Waals surface area contributed by atoms with Gasteiger partial charge in [0.2, 0.25) is 0 Å². The minimum atomic E-state index is -0.441. The van der Waals surface area contributed by atoms with Crippen molar-refractivity contribution in [1.82, 2.24) is 19.4 Å². The number of ether oxygens (including phenoxy) is 1. The van der Waals surface area contributed by atoms with E-state index in [-0.39, 0.29) is 6.09 Å². The average molecular weight is 316 g/mol. The molecule has 1 fully saturated rings. The van der Waals surface area contributed by atoms with Crippen LogP contribution in [0.5, 0.6) is 0 Å². The van der Waals surface area contributed by atoms with E-state index in [2.05, 4.69) is 20.5 Å². The van der Waals surface area contributed by atoms with Gasteiger partial charge in [-0.15, -0.1) is 0 Å². The molecule has 6 heteroatoms. The highest BCUT2D eigenvalue weighted by atomic mass is 16.6. The summed E-state index contributed by atoms with van der Waals surface area (Å²) in [6.45, 7) is 9.55. The van der Waals surface area contributed by atoms with E-state index in [4.69, 9.17) is 4.74 Å². The van der Waals surface area contributed by atoms with Crippen molar-refractivity contribution in [2.75, 3.05) is 26.2 Å². The number of imidazole rings is 1. The van der Waals surface area contributed by atoms with Crippen molar-refractivity contribution in [1.29, 1.82) is 0 Å². The van der Waals surface area contributed by atoms with Crippen LogP contribution in [0.2, 0.25) is 0 Å². The molecule has 1 aliphatic heterocycles. The van der Waals surface area contributed by atoms with Gasteiger partial charge in [-0.1, -0.05) is 12.1 Å². The number of hydrogen-bond acceptors (Lipinski definition) is 4. The summed E-state index contributed by atoms with van der Waals surface area (Å²) in [6.07, 6.45) is 1.66. The Labute approximate surface area is 136 Å². The van der Waals surface area contributed by atoms with Crippen molar-refractivity contribution in [2.45, 2.75) is 33.0 Å². The largest absolute Gasteiger partial charge is 0.444 e. The van der Waals surface area contributed by atoms with Crippen LogP contribution >= 0.6 is 0 Å². The summed E-state index contributed by atoms with van der Waals surface area (Å²) >= 11 is 0. The van der Waals surface area contributed by atoms with Crippen LogP contribution in [0.3, 0.4) is 0 Å². The molecule has 1 aliphatic rings. The molecule has 0 unspecified atom stereocenters. The summed E-state index contributed by atoms with van der Waals surface area (Å²) in [7, 11) is 0. The third-order valence-electron chi connectivity index (χ3n) is 3.90. The number of para-hydroxylation sites is 2. The predicted molar refractivity (Wildman–Crippen MR) is 89.1 cm³/mol. The molecule has 0 spiro atoms. The van der Waals surface area contributed by atoms with Gasteiger partial charge in [-0.05, 0) is 32.9 Å². The summed E-state index contributed by atoms with van der Waals surface area (Å²) in [5.74, 6) is 0. The Morgan fingerprint density at radius 2 is 1.87 bits per heavy atom. The number of amides is 1. The van der Waals surface area contributed by atoms with Gasteiger partial charge in [0.05, 0.1) is 24.0 Å². The highest BCUT2D eigenvalue weighted by molar-refractivity contribution is 5.74. The van der Waals surface area contributed by atoms with E-state index in [1.807, 2.05) is 45.3 Å². The normalized spacial score (nSPS) is 16.7. The molecule has 2 heterocycles. The number of carbonyl (C=O) groups is 1. The predicted octanol–water partition coefficient (Wildman–Crippen LogP) is 2.55. The molecule has 1 aromatic heterocycles. The van der Waals surface area contributed by atoms with Crippen LogP contribution in [-0.2, 0) is 11.4 Å². The molecule has 6 nitrogen and oxygen atoms in total. The van der Waals surface area contributed by atoms with Crippen molar-refractivity contribution >= 4 is 17.1 Å². The lowest BCUT2D eigenvalue weighted by molar-refractivity contribution is 0.0120. The number of carbonyl (C=O) groups excluding carboxylic acids is 1. The first kappa shape index (κ1) is 15.8. The lowest BCUT2D eigenvalue weighted by Crippen LogP contribution is -2.50. The van der Waals surface area contributed by atoms with Crippen LogP contribution in [0.1, 0.15) is 20.8 Å². The Morgan fingerprint density at radius 3 is 2.57 bits per heavy atom. The van der Waals surface area contributed by atoms with E-state index in [0.717, 1.165) is 30.8 Å². The Balaban J connectivity index is 1.56. The Bertz CT molecular complexity index is 681. The Morgan fingerprint density at radius 1 is 1.17 bits per heavy atom. The van der Waals surface area contributed by atoms with Crippen molar-refractivity contribution in [3.05, 3.63) is 30.6 Å². The second-order valence-electron chi connectivity index (χ2n) is 6.93.